The van der Waals surface area contributed by atoms with Gasteiger partial charge in [0.1, 0.15) is 28.7 Å². The Hall–Kier alpha value is -2.49. The fraction of sp³-hybridized carbons (Fsp3) is 0.400. The van der Waals surface area contributed by atoms with Gasteiger partial charge >= 0.3 is 0 Å². The first-order valence-electron chi connectivity index (χ1n) is 9.22. The van der Waals surface area contributed by atoms with Gasteiger partial charge in [-0.25, -0.2) is 26.6 Å². The Morgan fingerprint density at radius 1 is 1.16 bits per heavy atom. The van der Waals surface area contributed by atoms with Crippen LogP contribution in [-0.2, 0) is 7.05 Å². The number of amides is 1. The van der Waals surface area contributed by atoms with E-state index in [4.69, 9.17) is 11.6 Å². The molecule has 0 aliphatic carbocycles. The maximum Gasteiger partial charge on any atom is 0.283 e. The number of allylic oxidation sites excluding steroid dienone is 1. The summed E-state index contributed by atoms with van der Waals surface area (Å²) in [6, 6.07) is 0.238. The number of hydrogen-bond acceptors (Lipinski definition) is 2. The van der Waals surface area contributed by atoms with Gasteiger partial charge in [-0.3, -0.25) is 4.79 Å². The molecule has 0 N–H and O–H groups in total. The zero-order chi connectivity index (χ0) is 23.6. The molecule has 0 saturated heterocycles. The van der Waals surface area contributed by atoms with Crippen molar-refractivity contribution in [3.63, 3.8) is 0 Å². The van der Waals surface area contributed by atoms with Gasteiger partial charge in [0.15, 0.2) is 0 Å². The Morgan fingerprint density at radius 3 is 2.16 bits per heavy atom. The van der Waals surface area contributed by atoms with Crippen LogP contribution in [0.25, 0.3) is 5.57 Å². The van der Waals surface area contributed by atoms with E-state index in [9.17, 15) is 31.1 Å². The molecule has 31 heavy (non-hydrogen) atoms. The summed E-state index contributed by atoms with van der Waals surface area (Å²) in [5.74, 6) is -6.09. The van der Waals surface area contributed by atoms with Gasteiger partial charge in [0.2, 0.25) is 5.95 Å². The van der Waals surface area contributed by atoms with Crippen LogP contribution < -0.4 is 0 Å². The van der Waals surface area contributed by atoms with Crippen LogP contribution >= 0.6 is 11.6 Å². The van der Waals surface area contributed by atoms with E-state index in [0.29, 0.717) is 23.2 Å². The second kappa shape index (κ2) is 9.76. The minimum atomic E-state index is -3.23. The van der Waals surface area contributed by atoms with Crippen LogP contribution in [0.1, 0.15) is 55.2 Å². The van der Waals surface area contributed by atoms with Crippen molar-refractivity contribution in [2.75, 3.05) is 6.54 Å². The lowest BCUT2D eigenvalue weighted by molar-refractivity contribution is 0.0698. The number of aromatic nitrogens is 2. The average molecular weight is 468 g/mol. The normalized spacial score (nSPS) is 13.4. The monoisotopic (exact) mass is 467 g/mol. The van der Waals surface area contributed by atoms with Crippen molar-refractivity contribution < 1.29 is 31.1 Å². The number of halogens is 7. The van der Waals surface area contributed by atoms with Crippen LogP contribution in [0.4, 0.5) is 26.3 Å². The van der Waals surface area contributed by atoms with Crippen molar-refractivity contribution >= 4 is 23.1 Å². The highest BCUT2D eigenvalue weighted by molar-refractivity contribution is 6.32. The minimum absolute atomic E-state index is 0.119. The third kappa shape index (κ3) is 5.06. The first-order chi connectivity index (χ1) is 14.4. The van der Waals surface area contributed by atoms with Gasteiger partial charge in [-0.2, -0.15) is 9.49 Å². The largest absolute Gasteiger partial charge is 0.331 e. The zero-order valence-corrected chi connectivity index (χ0v) is 17.9. The number of carbonyl (C=O) groups excluding carboxylic acids is 1. The van der Waals surface area contributed by atoms with Crippen LogP contribution in [0.3, 0.4) is 0 Å². The number of alkyl halides is 2. The molecule has 0 fully saturated rings. The Kier molecular flexibility index (Phi) is 7.80. The number of hydrogen-bond donors (Lipinski definition) is 0. The van der Waals surface area contributed by atoms with Crippen molar-refractivity contribution in [1.82, 2.24) is 14.7 Å². The van der Waals surface area contributed by atoms with E-state index in [2.05, 4.69) is 5.10 Å². The first-order valence-corrected chi connectivity index (χ1v) is 9.60. The maximum absolute atomic E-state index is 14.5. The molecule has 0 aliphatic heterocycles. The summed E-state index contributed by atoms with van der Waals surface area (Å²) in [6.07, 6.45) is -2.93. The molecule has 0 aliphatic rings. The van der Waals surface area contributed by atoms with Crippen molar-refractivity contribution in [3.05, 3.63) is 57.4 Å². The van der Waals surface area contributed by atoms with E-state index in [1.807, 2.05) is 0 Å². The van der Waals surface area contributed by atoms with Crippen molar-refractivity contribution in [1.29, 1.82) is 0 Å². The van der Waals surface area contributed by atoms with Crippen LogP contribution in [-0.4, -0.2) is 33.2 Å². The summed E-state index contributed by atoms with van der Waals surface area (Å²) < 4.78 is 83.7. The molecule has 2 rings (SSSR count). The summed E-state index contributed by atoms with van der Waals surface area (Å²) >= 11 is 6.03. The number of carbonyl (C=O) groups is 1. The second-order valence-electron chi connectivity index (χ2n) is 6.92. The standard InChI is InChI=1S/C20H20ClF6N3O/c1-5-9(2)30(20(31)16-17(18(25)26)28-29(4)19(16)27)8-12(10(3)21)15-13(23)6-11(22)7-14(15)24/h6-7,9,18H,5,8H2,1-4H3/b12-10-. The molecule has 4 nitrogen and oxygen atoms in total. The molecule has 1 aromatic carbocycles. The third-order valence-electron chi connectivity index (χ3n) is 4.86. The molecule has 1 unspecified atom stereocenters. The number of rotatable bonds is 7. The molecule has 0 radical (unpaired) electrons. The van der Waals surface area contributed by atoms with Crippen LogP contribution in [0.15, 0.2) is 17.2 Å². The number of benzene rings is 1. The maximum atomic E-state index is 14.5. The van der Waals surface area contributed by atoms with Crippen LogP contribution in [0.2, 0.25) is 0 Å². The molecule has 0 spiro atoms. The van der Waals surface area contributed by atoms with Gasteiger partial charge in [0.05, 0.1) is 5.56 Å². The molecule has 11 heteroatoms. The molecule has 2 aromatic rings. The Balaban J connectivity index is 2.61. The predicted octanol–water partition coefficient (Wildman–Crippen LogP) is 5.82. The quantitative estimate of drug-likeness (QED) is 0.481. The SMILES string of the molecule is CCC(C)N(C/C(=C(\C)Cl)c1c(F)cc(F)cc1F)C(=O)c1c(C(F)F)nn(C)c1F. The summed E-state index contributed by atoms with van der Waals surface area (Å²) in [5.41, 5.74) is -2.88. The Morgan fingerprint density at radius 2 is 1.71 bits per heavy atom. The molecule has 1 heterocycles. The van der Waals surface area contributed by atoms with Gasteiger partial charge in [-0.1, -0.05) is 18.5 Å². The summed E-state index contributed by atoms with van der Waals surface area (Å²) in [4.78, 5) is 14.1. The molecule has 1 atom stereocenters. The van der Waals surface area contributed by atoms with Crippen LogP contribution in [0.5, 0.6) is 0 Å². The van der Waals surface area contributed by atoms with E-state index >= 15 is 0 Å². The highest BCUT2D eigenvalue weighted by Gasteiger charge is 2.34. The smallest absolute Gasteiger partial charge is 0.283 e. The number of nitrogens with zero attached hydrogens (tertiary/aromatic N) is 3. The summed E-state index contributed by atoms with van der Waals surface area (Å²) in [7, 11) is 1.06. The van der Waals surface area contributed by atoms with E-state index in [0.717, 1.165) is 11.9 Å². The number of aryl methyl sites for hydroxylation is 1. The van der Waals surface area contributed by atoms with Gasteiger partial charge in [-0.05, 0) is 25.8 Å². The van der Waals surface area contributed by atoms with E-state index in [-0.39, 0.29) is 10.6 Å². The van der Waals surface area contributed by atoms with E-state index in [1.165, 1.54) is 6.92 Å². The van der Waals surface area contributed by atoms with Crippen molar-refractivity contribution in [2.24, 2.45) is 7.05 Å². The Bertz CT molecular complexity index is 994. The van der Waals surface area contributed by atoms with Gasteiger partial charge in [0, 0.05) is 36.8 Å². The predicted molar refractivity (Wildman–Crippen MR) is 104 cm³/mol. The molecule has 1 amide bonds. The lowest BCUT2D eigenvalue weighted by Gasteiger charge is -2.30. The van der Waals surface area contributed by atoms with Gasteiger partial charge < -0.3 is 4.90 Å². The average Bonchev–Trinajstić information content (AvgIpc) is 2.97. The summed E-state index contributed by atoms with van der Waals surface area (Å²) in [5, 5.41) is 3.23. The van der Waals surface area contributed by atoms with E-state index in [1.54, 1.807) is 13.8 Å². The van der Waals surface area contributed by atoms with Gasteiger partial charge in [-0.15, -0.1) is 0 Å². The minimum Gasteiger partial charge on any atom is -0.331 e. The fourth-order valence-electron chi connectivity index (χ4n) is 3.03. The highest BCUT2D eigenvalue weighted by Crippen LogP contribution is 2.31. The molecular weight excluding hydrogens is 448 g/mol. The molecule has 1 aromatic heterocycles. The van der Waals surface area contributed by atoms with Gasteiger partial charge in [0.25, 0.3) is 12.3 Å². The second-order valence-corrected chi connectivity index (χ2v) is 7.49. The zero-order valence-electron chi connectivity index (χ0n) is 17.1. The van der Waals surface area contributed by atoms with Crippen molar-refractivity contribution in [2.45, 2.75) is 39.7 Å². The first kappa shape index (κ1) is 24.8. The molecular formula is C20H20ClF6N3O. The lowest BCUT2D eigenvalue weighted by Crippen LogP contribution is -2.40. The van der Waals surface area contributed by atoms with E-state index < -0.39 is 65.1 Å². The highest BCUT2D eigenvalue weighted by atomic mass is 35.5. The third-order valence-corrected chi connectivity index (χ3v) is 5.09. The molecule has 0 bridgehead atoms. The molecule has 170 valence electrons. The lowest BCUT2D eigenvalue weighted by atomic mass is 10.0. The van der Waals surface area contributed by atoms with Crippen molar-refractivity contribution in [3.8, 4) is 0 Å². The Labute approximate surface area is 180 Å². The molecule has 0 saturated carbocycles. The fourth-order valence-corrected chi connectivity index (χ4v) is 3.18. The topological polar surface area (TPSA) is 38.1 Å². The summed E-state index contributed by atoms with van der Waals surface area (Å²) in [6.45, 7) is 3.98. The van der Waals surface area contributed by atoms with Crippen LogP contribution in [0, 0.1) is 23.4 Å².